The van der Waals surface area contributed by atoms with E-state index in [2.05, 4.69) is 41.8 Å². The number of ether oxygens (including phenoxy) is 1. The Bertz CT molecular complexity index is 375. The Kier molecular flexibility index (Phi) is 5.40. The molecule has 19 heavy (non-hydrogen) atoms. The lowest BCUT2D eigenvalue weighted by Gasteiger charge is -2.17. The largest absolute Gasteiger partial charge is 0.372 e. The SMILES string of the molecule is CCCc1nccn1CC1CCC(CNC(C)C)O1. The predicted octanol–water partition coefficient (Wildman–Crippen LogP) is 2.38. The molecule has 0 amide bonds. The summed E-state index contributed by atoms with van der Waals surface area (Å²) in [6, 6.07) is 0.535. The highest BCUT2D eigenvalue weighted by atomic mass is 16.5. The number of aryl methyl sites for hydroxylation is 1. The van der Waals surface area contributed by atoms with E-state index in [0.29, 0.717) is 18.2 Å². The van der Waals surface area contributed by atoms with Crippen LogP contribution in [0.4, 0.5) is 0 Å². The van der Waals surface area contributed by atoms with Gasteiger partial charge >= 0.3 is 0 Å². The van der Waals surface area contributed by atoms with Gasteiger partial charge in [0.05, 0.1) is 18.8 Å². The highest BCUT2D eigenvalue weighted by Gasteiger charge is 2.25. The summed E-state index contributed by atoms with van der Waals surface area (Å²) in [7, 11) is 0. The van der Waals surface area contributed by atoms with Gasteiger partial charge in [-0.05, 0) is 19.3 Å². The van der Waals surface area contributed by atoms with Gasteiger partial charge in [-0.3, -0.25) is 0 Å². The van der Waals surface area contributed by atoms with Gasteiger partial charge in [0, 0.05) is 31.4 Å². The summed E-state index contributed by atoms with van der Waals surface area (Å²) >= 11 is 0. The second kappa shape index (κ2) is 7.06. The van der Waals surface area contributed by atoms with Crippen molar-refractivity contribution in [1.82, 2.24) is 14.9 Å². The van der Waals surface area contributed by atoms with Crippen molar-refractivity contribution in [2.75, 3.05) is 6.54 Å². The van der Waals surface area contributed by atoms with Gasteiger partial charge in [-0.1, -0.05) is 20.8 Å². The molecule has 1 N–H and O–H groups in total. The molecule has 2 unspecified atom stereocenters. The van der Waals surface area contributed by atoms with Crippen LogP contribution in [0.15, 0.2) is 12.4 Å². The molecule has 0 radical (unpaired) electrons. The molecule has 2 heterocycles. The molecule has 0 bridgehead atoms. The van der Waals surface area contributed by atoms with Crippen LogP contribution in [-0.2, 0) is 17.7 Å². The average molecular weight is 265 g/mol. The van der Waals surface area contributed by atoms with Gasteiger partial charge in [0.2, 0.25) is 0 Å². The Morgan fingerprint density at radius 3 is 2.95 bits per heavy atom. The summed E-state index contributed by atoms with van der Waals surface area (Å²) in [6.45, 7) is 8.47. The fourth-order valence-electron chi connectivity index (χ4n) is 2.61. The van der Waals surface area contributed by atoms with Crippen LogP contribution >= 0.6 is 0 Å². The van der Waals surface area contributed by atoms with Crippen LogP contribution in [-0.4, -0.2) is 34.3 Å². The van der Waals surface area contributed by atoms with E-state index in [1.54, 1.807) is 0 Å². The van der Waals surface area contributed by atoms with E-state index >= 15 is 0 Å². The third-order valence-electron chi connectivity index (χ3n) is 3.62. The zero-order chi connectivity index (χ0) is 13.7. The predicted molar refractivity (Wildman–Crippen MR) is 77.3 cm³/mol. The van der Waals surface area contributed by atoms with Crippen molar-refractivity contribution in [3.8, 4) is 0 Å². The normalized spacial score (nSPS) is 23.4. The molecular formula is C15H27N3O. The topological polar surface area (TPSA) is 39.1 Å². The van der Waals surface area contributed by atoms with Crippen molar-refractivity contribution >= 4 is 0 Å². The molecular weight excluding hydrogens is 238 g/mol. The van der Waals surface area contributed by atoms with E-state index in [-0.39, 0.29) is 0 Å². The summed E-state index contributed by atoms with van der Waals surface area (Å²) in [4.78, 5) is 4.42. The van der Waals surface area contributed by atoms with Gasteiger partial charge in [0.15, 0.2) is 0 Å². The van der Waals surface area contributed by atoms with E-state index in [1.165, 1.54) is 12.2 Å². The second-order valence-corrected chi connectivity index (χ2v) is 5.77. The molecule has 108 valence electrons. The van der Waals surface area contributed by atoms with Gasteiger partial charge in [-0.25, -0.2) is 4.98 Å². The number of hydrogen-bond acceptors (Lipinski definition) is 3. The first-order valence-electron chi connectivity index (χ1n) is 7.58. The van der Waals surface area contributed by atoms with Crippen LogP contribution in [0, 0.1) is 0 Å². The molecule has 1 saturated heterocycles. The van der Waals surface area contributed by atoms with Gasteiger partial charge in [-0.15, -0.1) is 0 Å². The number of nitrogens with one attached hydrogen (secondary N) is 1. The van der Waals surface area contributed by atoms with Crippen LogP contribution in [0.3, 0.4) is 0 Å². The lowest BCUT2D eigenvalue weighted by atomic mass is 10.2. The van der Waals surface area contributed by atoms with E-state index in [9.17, 15) is 0 Å². The highest BCUT2D eigenvalue weighted by Crippen LogP contribution is 2.21. The minimum Gasteiger partial charge on any atom is -0.372 e. The van der Waals surface area contributed by atoms with Crippen LogP contribution in [0.25, 0.3) is 0 Å². The van der Waals surface area contributed by atoms with Crippen LogP contribution < -0.4 is 5.32 Å². The quantitative estimate of drug-likeness (QED) is 0.822. The Labute approximate surface area is 116 Å². The van der Waals surface area contributed by atoms with Crippen molar-refractivity contribution in [3.63, 3.8) is 0 Å². The molecule has 0 saturated carbocycles. The maximum atomic E-state index is 6.11. The summed E-state index contributed by atoms with van der Waals surface area (Å²) < 4.78 is 8.36. The minimum absolute atomic E-state index is 0.351. The maximum Gasteiger partial charge on any atom is 0.108 e. The van der Waals surface area contributed by atoms with Crippen molar-refractivity contribution in [3.05, 3.63) is 18.2 Å². The van der Waals surface area contributed by atoms with Gasteiger partial charge in [-0.2, -0.15) is 0 Å². The molecule has 0 aliphatic carbocycles. The van der Waals surface area contributed by atoms with Crippen molar-refractivity contribution < 1.29 is 4.74 Å². The van der Waals surface area contributed by atoms with Gasteiger partial charge < -0.3 is 14.6 Å². The van der Waals surface area contributed by atoms with Crippen molar-refractivity contribution in [1.29, 1.82) is 0 Å². The zero-order valence-corrected chi connectivity index (χ0v) is 12.4. The van der Waals surface area contributed by atoms with Crippen LogP contribution in [0.1, 0.15) is 45.9 Å². The standard InChI is InChI=1S/C15H27N3O/c1-4-5-15-16-8-9-18(15)11-14-7-6-13(19-14)10-17-12(2)3/h8-9,12-14,17H,4-7,10-11H2,1-3H3. The number of rotatable bonds is 7. The van der Waals surface area contributed by atoms with E-state index in [4.69, 9.17) is 4.74 Å². The van der Waals surface area contributed by atoms with Crippen molar-refractivity contribution in [2.24, 2.45) is 0 Å². The van der Waals surface area contributed by atoms with Crippen LogP contribution in [0.2, 0.25) is 0 Å². The summed E-state index contributed by atoms with van der Waals surface area (Å²) in [5.74, 6) is 1.19. The summed E-state index contributed by atoms with van der Waals surface area (Å²) in [5, 5.41) is 3.45. The van der Waals surface area contributed by atoms with E-state index < -0.39 is 0 Å². The van der Waals surface area contributed by atoms with Crippen LogP contribution in [0.5, 0.6) is 0 Å². The second-order valence-electron chi connectivity index (χ2n) is 5.77. The fraction of sp³-hybridized carbons (Fsp3) is 0.800. The van der Waals surface area contributed by atoms with Gasteiger partial charge in [0.25, 0.3) is 0 Å². The smallest absolute Gasteiger partial charge is 0.108 e. The number of aromatic nitrogens is 2. The Hall–Kier alpha value is -0.870. The molecule has 1 aromatic heterocycles. The zero-order valence-electron chi connectivity index (χ0n) is 12.4. The molecule has 4 heteroatoms. The first kappa shape index (κ1) is 14.5. The molecule has 1 fully saturated rings. The number of hydrogen-bond donors (Lipinski definition) is 1. The minimum atomic E-state index is 0.351. The Morgan fingerprint density at radius 2 is 2.21 bits per heavy atom. The maximum absolute atomic E-state index is 6.11. The third kappa shape index (κ3) is 4.32. The number of imidazole rings is 1. The average Bonchev–Trinajstić information content (AvgIpc) is 2.98. The Morgan fingerprint density at radius 1 is 1.42 bits per heavy atom. The summed E-state index contributed by atoms with van der Waals surface area (Å²) in [5.41, 5.74) is 0. The monoisotopic (exact) mass is 265 g/mol. The molecule has 1 aliphatic rings. The van der Waals surface area contributed by atoms with Crippen molar-refractivity contribution in [2.45, 2.75) is 71.2 Å². The first-order valence-corrected chi connectivity index (χ1v) is 7.58. The molecule has 4 nitrogen and oxygen atoms in total. The molecule has 2 rings (SSSR count). The lowest BCUT2D eigenvalue weighted by molar-refractivity contribution is 0.0348. The molecule has 1 aliphatic heterocycles. The van der Waals surface area contributed by atoms with E-state index in [0.717, 1.165) is 32.4 Å². The summed E-state index contributed by atoms with van der Waals surface area (Å²) in [6.07, 6.45) is 9.23. The fourth-order valence-corrected chi connectivity index (χ4v) is 2.61. The molecule has 1 aromatic rings. The third-order valence-corrected chi connectivity index (χ3v) is 3.62. The number of nitrogens with zero attached hydrogens (tertiary/aromatic N) is 2. The van der Waals surface area contributed by atoms with E-state index in [1.807, 2.05) is 6.20 Å². The first-order chi connectivity index (χ1) is 9.19. The molecule has 0 spiro atoms. The highest BCUT2D eigenvalue weighted by molar-refractivity contribution is 4.93. The lowest BCUT2D eigenvalue weighted by Crippen LogP contribution is -2.32. The molecule has 2 atom stereocenters. The molecule has 0 aromatic carbocycles. The van der Waals surface area contributed by atoms with Gasteiger partial charge in [0.1, 0.15) is 5.82 Å². The Balaban J connectivity index is 1.79.